The number of hydrogen-bond acceptors (Lipinski definition) is 2. The zero-order valence-electron chi connectivity index (χ0n) is 14.7. The molecule has 1 aromatic heterocycles. The van der Waals surface area contributed by atoms with Gasteiger partial charge in [-0.1, -0.05) is 0 Å². The molecule has 5 heteroatoms. The van der Waals surface area contributed by atoms with Crippen LogP contribution in [0, 0.1) is 5.82 Å². The van der Waals surface area contributed by atoms with Crippen molar-refractivity contribution >= 4 is 5.91 Å². The molecule has 2 N–H and O–H groups in total. The molecule has 134 valence electrons. The van der Waals surface area contributed by atoms with E-state index in [1.54, 1.807) is 29.2 Å². The highest BCUT2D eigenvalue weighted by molar-refractivity contribution is 5.92. The second-order valence-corrected chi connectivity index (χ2v) is 6.84. The number of piperidine rings is 1. The van der Waals surface area contributed by atoms with Crippen molar-refractivity contribution in [1.29, 1.82) is 0 Å². The largest absolute Gasteiger partial charge is 0.451 e. The minimum absolute atomic E-state index is 0.199. The molecule has 1 fully saturated rings. The third kappa shape index (κ3) is 4.69. The zero-order chi connectivity index (χ0) is 17.6. The predicted molar refractivity (Wildman–Crippen MR) is 95.1 cm³/mol. The molecule has 1 unspecified atom stereocenters. The summed E-state index contributed by atoms with van der Waals surface area (Å²) in [6.45, 7) is 5.31. The molecule has 1 aliphatic heterocycles. The van der Waals surface area contributed by atoms with Crippen LogP contribution in [0.2, 0.25) is 0 Å². The lowest BCUT2D eigenvalue weighted by atomic mass is 10.0. The number of rotatable bonds is 6. The van der Waals surface area contributed by atoms with Gasteiger partial charge in [-0.15, -0.1) is 0 Å². The summed E-state index contributed by atoms with van der Waals surface area (Å²) in [4.78, 5) is 13.8. The molecule has 25 heavy (non-hydrogen) atoms. The predicted octanol–water partition coefficient (Wildman–Crippen LogP) is 2.66. The van der Waals surface area contributed by atoms with Gasteiger partial charge in [0.25, 0.3) is 5.91 Å². The van der Waals surface area contributed by atoms with Gasteiger partial charge in [0, 0.05) is 18.5 Å². The Morgan fingerprint density at radius 3 is 2.80 bits per heavy atom. The normalized spacial score (nSPS) is 20.4. The summed E-state index contributed by atoms with van der Waals surface area (Å²) in [6, 6.07) is 10.2. The molecule has 1 saturated heterocycles. The van der Waals surface area contributed by atoms with Crippen molar-refractivity contribution in [3.8, 4) is 11.3 Å². The van der Waals surface area contributed by atoms with E-state index in [-0.39, 0.29) is 17.5 Å². The lowest BCUT2D eigenvalue weighted by molar-refractivity contribution is -0.928. The van der Waals surface area contributed by atoms with E-state index in [0.717, 1.165) is 24.6 Å². The first kappa shape index (κ1) is 17.7. The second-order valence-electron chi connectivity index (χ2n) is 6.84. The molecule has 0 saturated carbocycles. The molecular weight excluding hydrogens is 319 g/mol. The molecule has 0 spiro atoms. The molecule has 2 aromatic rings. The average Bonchev–Trinajstić information content (AvgIpc) is 3.11. The third-order valence-electron chi connectivity index (χ3n) is 5.00. The Hall–Kier alpha value is -2.14. The summed E-state index contributed by atoms with van der Waals surface area (Å²) in [7, 11) is 0. The number of carbonyl (C=O) groups is 1. The molecule has 2 atom stereocenters. The van der Waals surface area contributed by atoms with Gasteiger partial charge < -0.3 is 14.6 Å². The number of furan rings is 1. The van der Waals surface area contributed by atoms with Gasteiger partial charge in [-0.05, 0) is 62.6 Å². The van der Waals surface area contributed by atoms with Gasteiger partial charge in [0.05, 0.1) is 19.1 Å². The third-order valence-corrected chi connectivity index (χ3v) is 5.00. The molecule has 2 heterocycles. The number of nitrogens with one attached hydrogen (secondary N) is 2. The maximum atomic E-state index is 13.0. The maximum Gasteiger partial charge on any atom is 0.287 e. The minimum Gasteiger partial charge on any atom is -0.451 e. The Balaban J connectivity index is 1.46. The van der Waals surface area contributed by atoms with Crippen LogP contribution in [0.1, 0.15) is 43.2 Å². The summed E-state index contributed by atoms with van der Waals surface area (Å²) in [5.74, 6) is 0.364. The fraction of sp³-hybridized carbons (Fsp3) is 0.450. The van der Waals surface area contributed by atoms with Gasteiger partial charge in [0.15, 0.2) is 5.76 Å². The van der Waals surface area contributed by atoms with E-state index in [9.17, 15) is 9.18 Å². The van der Waals surface area contributed by atoms with Crippen LogP contribution in [0.3, 0.4) is 0 Å². The number of carbonyl (C=O) groups excluding carboxylic acids is 1. The second kappa shape index (κ2) is 8.30. The lowest BCUT2D eigenvalue weighted by Crippen LogP contribution is -3.16. The van der Waals surface area contributed by atoms with E-state index in [1.165, 1.54) is 37.9 Å². The first-order valence-electron chi connectivity index (χ1n) is 9.12. The van der Waals surface area contributed by atoms with E-state index in [2.05, 4.69) is 12.2 Å². The highest BCUT2D eigenvalue weighted by Crippen LogP contribution is 2.22. The van der Waals surface area contributed by atoms with Crippen molar-refractivity contribution in [2.75, 3.05) is 19.6 Å². The standard InChI is InChI=1S/C20H25FN2O2/c1-15-5-2-3-13-23(15)14-4-12-22-20(24)19-11-10-18(25-19)16-6-8-17(21)9-7-16/h6-11,15H,2-5,12-14H2,1H3,(H,22,24)/p+1/t15-/m0/s1. The van der Waals surface area contributed by atoms with Crippen LogP contribution in [-0.4, -0.2) is 31.6 Å². The van der Waals surface area contributed by atoms with Crippen LogP contribution >= 0.6 is 0 Å². The number of hydrogen-bond donors (Lipinski definition) is 2. The summed E-state index contributed by atoms with van der Waals surface area (Å²) < 4.78 is 18.6. The summed E-state index contributed by atoms with van der Waals surface area (Å²) >= 11 is 0. The summed E-state index contributed by atoms with van der Waals surface area (Å²) in [5, 5.41) is 2.92. The Bertz CT molecular complexity index is 696. The first-order chi connectivity index (χ1) is 12.1. The molecule has 1 aromatic carbocycles. The average molecular weight is 345 g/mol. The maximum absolute atomic E-state index is 13.0. The molecule has 1 aliphatic rings. The molecule has 0 bridgehead atoms. The quantitative estimate of drug-likeness (QED) is 0.791. The zero-order valence-corrected chi connectivity index (χ0v) is 14.7. The SMILES string of the molecule is C[C@H]1CCCC[NH+]1CCCNC(=O)c1ccc(-c2ccc(F)cc2)o1. The monoisotopic (exact) mass is 345 g/mol. The molecule has 0 radical (unpaired) electrons. The highest BCUT2D eigenvalue weighted by Gasteiger charge is 2.21. The van der Waals surface area contributed by atoms with Crippen molar-refractivity contribution in [3.63, 3.8) is 0 Å². The van der Waals surface area contributed by atoms with Crippen LogP contribution in [-0.2, 0) is 0 Å². The Kier molecular flexibility index (Phi) is 5.87. The molecule has 3 rings (SSSR count). The highest BCUT2D eigenvalue weighted by atomic mass is 19.1. The van der Waals surface area contributed by atoms with Gasteiger partial charge in [-0.25, -0.2) is 4.39 Å². The fourth-order valence-electron chi connectivity index (χ4n) is 3.46. The van der Waals surface area contributed by atoms with Gasteiger partial charge in [-0.3, -0.25) is 4.79 Å². The molecular formula is C20H26FN2O2+. The van der Waals surface area contributed by atoms with Gasteiger partial charge in [-0.2, -0.15) is 0 Å². The van der Waals surface area contributed by atoms with E-state index in [0.29, 0.717) is 12.3 Å². The molecule has 0 aliphatic carbocycles. The van der Waals surface area contributed by atoms with E-state index < -0.39 is 0 Å². The van der Waals surface area contributed by atoms with E-state index in [4.69, 9.17) is 4.42 Å². The van der Waals surface area contributed by atoms with Crippen molar-refractivity contribution in [3.05, 3.63) is 48.0 Å². The van der Waals surface area contributed by atoms with Crippen LogP contribution < -0.4 is 10.2 Å². The lowest BCUT2D eigenvalue weighted by Gasteiger charge is -2.30. The van der Waals surface area contributed by atoms with Crippen LogP contribution in [0.15, 0.2) is 40.8 Å². The van der Waals surface area contributed by atoms with Gasteiger partial charge in [0.2, 0.25) is 0 Å². The van der Waals surface area contributed by atoms with Crippen molar-refractivity contribution < 1.29 is 18.5 Å². The molecule has 1 amide bonds. The topological polar surface area (TPSA) is 46.7 Å². The van der Waals surface area contributed by atoms with Crippen LogP contribution in [0.5, 0.6) is 0 Å². The van der Waals surface area contributed by atoms with Gasteiger partial charge in [0.1, 0.15) is 11.6 Å². The minimum atomic E-state index is -0.293. The smallest absolute Gasteiger partial charge is 0.287 e. The number of benzene rings is 1. The molecule has 4 nitrogen and oxygen atoms in total. The Morgan fingerprint density at radius 2 is 2.04 bits per heavy atom. The number of amides is 1. The van der Waals surface area contributed by atoms with Crippen molar-refractivity contribution in [1.82, 2.24) is 5.32 Å². The van der Waals surface area contributed by atoms with Crippen LogP contribution in [0.25, 0.3) is 11.3 Å². The number of quaternary nitrogens is 1. The number of likely N-dealkylation sites (tertiary alicyclic amines) is 1. The van der Waals surface area contributed by atoms with Crippen molar-refractivity contribution in [2.45, 2.75) is 38.6 Å². The van der Waals surface area contributed by atoms with Crippen LogP contribution in [0.4, 0.5) is 4.39 Å². The summed E-state index contributed by atoms with van der Waals surface area (Å²) in [6.07, 6.45) is 4.93. The van der Waals surface area contributed by atoms with Crippen molar-refractivity contribution in [2.24, 2.45) is 0 Å². The Morgan fingerprint density at radius 1 is 1.24 bits per heavy atom. The van der Waals surface area contributed by atoms with E-state index in [1.807, 2.05) is 0 Å². The van der Waals surface area contributed by atoms with E-state index >= 15 is 0 Å². The first-order valence-corrected chi connectivity index (χ1v) is 9.12. The number of halogens is 1. The van der Waals surface area contributed by atoms with Gasteiger partial charge >= 0.3 is 0 Å². The summed E-state index contributed by atoms with van der Waals surface area (Å²) in [5.41, 5.74) is 0.753. The Labute approximate surface area is 148 Å². The fourth-order valence-corrected chi connectivity index (χ4v) is 3.46.